The van der Waals surface area contributed by atoms with E-state index in [1.165, 1.54) is 0 Å². The Hall–Kier alpha value is -2.88. The lowest BCUT2D eigenvalue weighted by Crippen LogP contribution is -2.32. The first-order chi connectivity index (χ1) is 12.1. The molecule has 1 atom stereocenters. The van der Waals surface area contributed by atoms with E-state index in [0.717, 1.165) is 11.1 Å². The molecule has 6 heteroatoms. The minimum Gasteiger partial charge on any atom is -0.491 e. The van der Waals surface area contributed by atoms with Crippen molar-refractivity contribution in [2.24, 2.45) is 0 Å². The lowest BCUT2D eigenvalue weighted by atomic mass is 10.2. The summed E-state index contributed by atoms with van der Waals surface area (Å²) in [5, 5.41) is 18.9. The molecule has 2 aromatic carbocycles. The Kier molecular flexibility index (Phi) is 5.29. The van der Waals surface area contributed by atoms with Gasteiger partial charge in [0.25, 0.3) is 0 Å². The van der Waals surface area contributed by atoms with Crippen LogP contribution in [0.25, 0.3) is 11.1 Å². The molecule has 1 N–H and O–H groups in total. The molecule has 6 nitrogen and oxygen atoms in total. The highest BCUT2D eigenvalue weighted by Gasteiger charge is 2.13. The van der Waals surface area contributed by atoms with Gasteiger partial charge >= 0.3 is 0 Å². The number of rotatable bonds is 7. The minimum atomic E-state index is -0.648. The Labute approximate surface area is 145 Å². The smallest absolute Gasteiger partial charge is 0.209 e. The number of oxazole rings is 1. The van der Waals surface area contributed by atoms with Crippen LogP contribution in [0.4, 0.5) is 0 Å². The van der Waals surface area contributed by atoms with Crippen LogP contribution in [-0.4, -0.2) is 41.3 Å². The Morgan fingerprint density at radius 1 is 1.24 bits per heavy atom. The van der Waals surface area contributed by atoms with Crippen LogP contribution in [0.1, 0.15) is 11.5 Å². The standard InChI is InChI=1S/C19H19N3O3/c1-22(12-19-21-17-4-2-3-5-18(17)25-19)11-15(23)13-24-16-8-6-14(10-20)7-9-16/h2-9,15,23H,11-13H2,1H3. The van der Waals surface area contributed by atoms with E-state index >= 15 is 0 Å². The van der Waals surface area contributed by atoms with Crippen molar-refractivity contribution in [1.29, 1.82) is 5.26 Å². The van der Waals surface area contributed by atoms with Crippen LogP contribution in [0.3, 0.4) is 0 Å². The van der Waals surface area contributed by atoms with Crippen LogP contribution < -0.4 is 4.74 Å². The Morgan fingerprint density at radius 2 is 2.00 bits per heavy atom. The van der Waals surface area contributed by atoms with Crippen LogP contribution in [0.15, 0.2) is 52.9 Å². The summed E-state index contributed by atoms with van der Waals surface area (Å²) in [5.74, 6) is 1.24. The molecule has 0 aliphatic heterocycles. The van der Waals surface area contributed by atoms with Gasteiger partial charge in [0.15, 0.2) is 5.58 Å². The molecule has 128 valence electrons. The summed E-state index contributed by atoms with van der Waals surface area (Å²) >= 11 is 0. The predicted molar refractivity (Wildman–Crippen MR) is 93.0 cm³/mol. The second kappa shape index (κ2) is 7.79. The molecule has 25 heavy (non-hydrogen) atoms. The van der Waals surface area contributed by atoms with Crippen LogP contribution in [0.5, 0.6) is 5.75 Å². The predicted octanol–water partition coefficient (Wildman–Crippen LogP) is 2.57. The second-order valence-corrected chi connectivity index (χ2v) is 5.87. The van der Waals surface area contributed by atoms with Crippen molar-refractivity contribution in [3.05, 3.63) is 60.0 Å². The number of ether oxygens (including phenoxy) is 1. The molecule has 0 bridgehead atoms. The van der Waals surface area contributed by atoms with Crippen LogP contribution in [0.2, 0.25) is 0 Å². The van der Waals surface area contributed by atoms with Gasteiger partial charge in [-0.25, -0.2) is 4.98 Å². The summed E-state index contributed by atoms with van der Waals surface area (Å²) in [4.78, 5) is 6.35. The highest BCUT2D eigenvalue weighted by Crippen LogP contribution is 2.16. The molecule has 1 unspecified atom stereocenters. The first kappa shape index (κ1) is 17.0. The maximum Gasteiger partial charge on any atom is 0.209 e. The van der Waals surface area contributed by atoms with Gasteiger partial charge in [-0.3, -0.25) is 4.90 Å². The van der Waals surface area contributed by atoms with Crippen LogP contribution in [0, 0.1) is 11.3 Å². The molecule has 0 saturated heterocycles. The molecule has 0 fully saturated rings. The third-order valence-electron chi connectivity index (χ3n) is 3.69. The summed E-state index contributed by atoms with van der Waals surface area (Å²) in [6.07, 6.45) is -0.648. The average molecular weight is 337 g/mol. The molecule has 3 aromatic rings. The molecule has 1 heterocycles. The molecule has 0 aliphatic rings. The summed E-state index contributed by atoms with van der Waals surface area (Å²) in [6.45, 7) is 1.10. The lowest BCUT2D eigenvalue weighted by molar-refractivity contribution is 0.0722. The number of benzene rings is 2. The third kappa shape index (κ3) is 4.57. The first-order valence-corrected chi connectivity index (χ1v) is 7.98. The first-order valence-electron chi connectivity index (χ1n) is 7.98. The van der Waals surface area contributed by atoms with Gasteiger partial charge in [-0.1, -0.05) is 12.1 Å². The summed E-state index contributed by atoms with van der Waals surface area (Å²) in [6, 6.07) is 16.5. The molecule has 0 saturated carbocycles. The lowest BCUT2D eigenvalue weighted by Gasteiger charge is -2.19. The molecular weight excluding hydrogens is 318 g/mol. The van der Waals surface area contributed by atoms with E-state index in [1.54, 1.807) is 24.3 Å². The number of aromatic nitrogens is 1. The third-order valence-corrected chi connectivity index (χ3v) is 3.69. The van der Waals surface area contributed by atoms with E-state index in [0.29, 0.717) is 30.3 Å². The molecule has 0 aliphatic carbocycles. The maximum absolute atomic E-state index is 10.1. The number of fused-ring (bicyclic) bond motifs is 1. The fraction of sp³-hybridized carbons (Fsp3) is 0.263. The van der Waals surface area contributed by atoms with Gasteiger partial charge in [0, 0.05) is 6.54 Å². The van der Waals surface area contributed by atoms with Gasteiger partial charge in [0.1, 0.15) is 24.0 Å². The average Bonchev–Trinajstić information content (AvgIpc) is 3.02. The van der Waals surface area contributed by atoms with Gasteiger partial charge in [-0.15, -0.1) is 0 Å². The van der Waals surface area contributed by atoms with Gasteiger partial charge in [-0.2, -0.15) is 5.26 Å². The normalized spacial score (nSPS) is 12.2. The van der Waals surface area contributed by atoms with Crippen molar-refractivity contribution in [2.45, 2.75) is 12.6 Å². The van der Waals surface area contributed by atoms with E-state index in [1.807, 2.05) is 36.2 Å². The zero-order valence-corrected chi connectivity index (χ0v) is 13.9. The molecular formula is C19H19N3O3. The molecule has 3 rings (SSSR count). The fourth-order valence-corrected chi connectivity index (χ4v) is 2.51. The van der Waals surface area contributed by atoms with Crippen LogP contribution >= 0.6 is 0 Å². The van der Waals surface area contributed by atoms with Crippen LogP contribution in [-0.2, 0) is 6.54 Å². The molecule has 0 radical (unpaired) electrons. The van der Waals surface area contributed by atoms with Crippen molar-refractivity contribution in [3.8, 4) is 11.8 Å². The largest absolute Gasteiger partial charge is 0.491 e. The Bertz CT molecular complexity index is 835. The number of aliphatic hydroxyl groups is 1. The number of hydrogen-bond donors (Lipinski definition) is 1. The number of likely N-dealkylation sites (N-methyl/N-ethyl adjacent to an activating group) is 1. The number of para-hydroxylation sites is 2. The SMILES string of the molecule is CN(Cc1nc2ccccc2o1)CC(O)COc1ccc(C#N)cc1. The quantitative estimate of drug-likeness (QED) is 0.713. The minimum absolute atomic E-state index is 0.170. The zero-order chi connectivity index (χ0) is 17.6. The topological polar surface area (TPSA) is 82.5 Å². The molecule has 0 spiro atoms. The Morgan fingerprint density at radius 3 is 2.72 bits per heavy atom. The highest BCUT2D eigenvalue weighted by molar-refractivity contribution is 5.72. The molecule has 1 aromatic heterocycles. The van der Waals surface area contributed by atoms with Gasteiger partial charge in [0.2, 0.25) is 5.89 Å². The molecule has 0 amide bonds. The van der Waals surface area contributed by atoms with E-state index in [4.69, 9.17) is 14.4 Å². The zero-order valence-electron chi connectivity index (χ0n) is 13.9. The van der Waals surface area contributed by atoms with Crippen molar-refractivity contribution in [1.82, 2.24) is 9.88 Å². The summed E-state index contributed by atoms with van der Waals surface area (Å²) in [7, 11) is 1.89. The number of nitrogens with zero attached hydrogens (tertiary/aromatic N) is 3. The summed E-state index contributed by atoms with van der Waals surface area (Å²) in [5.41, 5.74) is 2.16. The van der Waals surface area contributed by atoms with Crippen molar-refractivity contribution < 1.29 is 14.3 Å². The number of hydrogen-bond acceptors (Lipinski definition) is 6. The number of nitriles is 1. The summed E-state index contributed by atoms with van der Waals surface area (Å²) < 4.78 is 11.2. The van der Waals surface area contributed by atoms with E-state index in [2.05, 4.69) is 11.1 Å². The monoisotopic (exact) mass is 337 g/mol. The second-order valence-electron chi connectivity index (χ2n) is 5.87. The van der Waals surface area contributed by atoms with Crippen molar-refractivity contribution in [3.63, 3.8) is 0 Å². The fourth-order valence-electron chi connectivity index (χ4n) is 2.51. The van der Waals surface area contributed by atoms with Gasteiger partial charge in [0.05, 0.1) is 18.2 Å². The van der Waals surface area contributed by atoms with E-state index in [-0.39, 0.29) is 6.61 Å². The number of aliphatic hydroxyl groups excluding tert-OH is 1. The Balaban J connectivity index is 1.48. The maximum atomic E-state index is 10.1. The van der Waals surface area contributed by atoms with Gasteiger partial charge < -0.3 is 14.3 Å². The van der Waals surface area contributed by atoms with Crippen molar-refractivity contribution >= 4 is 11.1 Å². The highest BCUT2D eigenvalue weighted by atomic mass is 16.5. The van der Waals surface area contributed by atoms with E-state index < -0.39 is 6.10 Å². The van der Waals surface area contributed by atoms with E-state index in [9.17, 15) is 5.11 Å². The van der Waals surface area contributed by atoms with Crippen molar-refractivity contribution in [2.75, 3.05) is 20.2 Å². The van der Waals surface area contributed by atoms with Gasteiger partial charge in [-0.05, 0) is 43.4 Å².